The standard InChI is InChI=1S/2C4H9.3H2O4S.2Sn/c2*1-3-4-2;3*1-5(2,3)4;;/h2*1,3-4H2,2H3;3*(H2,1,2,3,4);;/q;;;;;2*+3/p-6. The molecule has 0 radical (unpaired) electrons. The van der Waals surface area contributed by atoms with E-state index < -0.39 is 31.2 Å². The van der Waals surface area contributed by atoms with Gasteiger partial charge in [-0.25, -0.2) is 0 Å². The summed E-state index contributed by atoms with van der Waals surface area (Å²) in [6.07, 6.45) is 5.59. The van der Waals surface area contributed by atoms with Crippen LogP contribution in [0.3, 0.4) is 0 Å². The van der Waals surface area contributed by atoms with Crippen molar-refractivity contribution in [1.82, 2.24) is 0 Å². The van der Waals surface area contributed by atoms with Crippen LogP contribution in [0.15, 0.2) is 0 Å². The van der Waals surface area contributed by atoms with Crippen molar-refractivity contribution >= 4 is 76.2 Å². The van der Waals surface area contributed by atoms with Crippen molar-refractivity contribution in [2.24, 2.45) is 0 Å². The van der Waals surface area contributed by atoms with Gasteiger partial charge >= 0.3 is 93.5 Å². The van der Waals surface area contributed by atoms with Crippen molar-refractivity contribution in [3.8, 4) is 0 Å². The Labute approximate surface area is 176 Å². The molecule has 0 atom stereocenters. The summed E-state index contributed by atoms with van der Waals surface area (Å²) in [7, 11) is -15.5. The summed E-state index contributed by atoms with van der Waals surface area (Å²) < 4.78 is 105. The molecule has 0 fully saturated rings. The average molecular weight is 640 g/mol. The summed E-state index contributed by atoms with van der Waals surface area (Å²) in [5.74, 6) is 0. The zero-order valence-corrected chi connectivity index (χ0v) is 21.5. The van der Waals surface area contributed by atoms with E-state index in [1.54, 1.807) is 45.0 Å². The normalized spacial score (nSPS) is 10.4. The Morgan fingerprint density at radius 1 is 0.560 bits per heavy atom. The predicted molar refractivity (Wildman–Crippen MR) is 82.4 cm³/mol. The number of rotatable bonds is 4. The molecule has 0 rings (SSSR count). The van der Waals surface area contributed by atoms with Gasteiger partial charge in [0.1, 0.15) is 0 Å². The Kier molecular flexibility index (Phi) is 34.4. The fraction of sp³-hybridized carbons (Fsp3) is 1.00. The van der Waals surface area contributed by atoms with Crippen LogP contribution >= 0.6 is 0 Å². The second-order valence-electron chi connectivity index (χ2n) is 3.43. The van der Waals surface area contributed by atoms with E-state index in [2.05, 4.69) is 13.8 Å². The molecule has 0 heterocycles. The SMILES string of the molecule is CCC[CH2][Sn+3].CCC[CH2][Sn+3].O=S(=O)([O-])[O-].O=S(=O)([O-])[O-].O=S(=O)([O-])[O-]. The van der Waals surface area contributed by atoms with Crippen LogP contribution in [0.25, 0.3) is 0 Å². The van der Waals surface area contributed by atoms with E-state index in [0.717, 1.165) is 0 Å². The fourth-order valence-electron chi connectivity index (χ4n) is 0.354. The molecule has 0 aromatic carbocycles. The van der Waals surface area contributed by atoms with Gasteiger partial charge in [0.2, 0.25) is 0 Å². The molecule has 0 aliphatic carbocycles. The van der Waals surface area contributed by atoms with Crippen molar-refractivity contribution in [3.05, 3.63) is 0 Å². The molecule has 0 amide bonds. The number of unbranched alkanes of at least 4 members (excludes halogenated alkanes) is 2. The van der Waals surface area contributed by atoms with Crippen LogP contribution in [0, 0.1) is 0 Å². The first kappa shape index (κ1) is 37.0. The molecule has 0 saturated heterocycles. The summed E-state index contributed by atoms with van der Waals surface area (Å²) in [6.45, 7) is 4.45. The van der Waals surface area contributed by atoms with Gasteiger partial charge in [0, 0.05) is 31.2 Å². The van der Waals surface area contributed by atoms with Gasteiger partial charge in [-0.15, -0.1) is 0 Å². The van der Waals surface area contributed by atoms with Crippen LogP contribution in [0.5, 0.6) is 0 Å². The summed E-state index contributed by atoms with van der Waals surface area (Å²) in [5, 5.41) is 0. The summed E-state index contributed by atoms with van der Waals surface area (Å²) in [4.78, 5) is 0. The van der Waals surface area contributed by atoms with E-state index in [4.69, 9.17) is 52.6 Å². The maximum Gasteiger partial charge on any atom is 0.0311 e. The third kappa shape index (κ3) is 501. The molecule has 12 nitrogen and oxygen atoms in total. The Hall–Kier alpha value is 1.21. The third-order valence-corrected chi connectivity index (χ3v) is 3.08. The number of hydrogen-bond donors (Lipinski definition) is 0. The van der Waals surface area contributed by atoms with Crippen LogP contribution in [-0.2, 0) is 31.2 Å². The molecule has 148 valence electrons. The van der Waals surface area contributed by atoms with Gasteiger partial charge < -0.3 is 27.3 Å². The van der Waals surface area contributed by atoms with E-state index in [-0.39, 0.29) is 0 Å². The van der Waals surface area contributed by atoms with E-state index in [1.165, 1.54) is 34.6 Å². The van der Waals surface area contributed by atoms with Crippen LogP contribution in [0.2, 0.25) is 8.87 Å². The predicted octanol–water partition coefficient (Wildman–Crippen LogP) is -1.27. The molecule has 0 N–H and O–H groups in total. The maximum absolute atomic E-state index is 8.52. The van der Waals surface area contributed by atoms with Crippen molar-refractivity contribution in [2.45, 2.75) is 48.4 Å². The summed E-state index contributed by atoms with van der Waals surface area (Å²) in [5.41, 5.74) is 0. The minimum absolute atomic E-state index is 1.37. The Morgan fingerprint density at radius 3 is 0.680 bits per heavy atom. The first-order valence-corrected chi connectivity index (χ1v) is 14.2. The summed E-state index contributed by atoms with van der Waals surface area (Å²) in [6, 6.07) is 0. The van der Waals surface area contributed by atoms with Gasteiger partial charge in [-0.1, -0.05) is 0 Å². The molecule has 25 heavy (non-hydrogen) atoms. The maximum atomic E-state index is 8.52. The zero-order chi connectivity index (χ0) is 21.7. The molecule has 0 saturated carbocycles. The topological polar surface area (TPSA) is 241 Å². The Bertz CT molecular complexity index is 438. The van der Waals surface area contributed by atoms with Crippen molar-refractivity contribution in [1.29, 1.82) is 0 Å². The van der Waals surface area contributed by atoms with Gasteiger partial charge in [-0.2, -0.15) is 0 Å². The van der Waals surface area contributed by atoms with Crippen LogP contribution in [-0.4, -0.2) is 97.6 Å². The van der Waals surface area contributed by atoms with Gasteiger partial charge in [-0.3, -0.25) is 25.3 Å². The van der Waals surface area contributed by atoms with E-state index >= 15 is 0 Å². The van der Waals surface area contributed by atoms with E-state index in [1.807, 2.05) is 0 Å². The van der Waals surface area contributed by atoms with Crippen molar-refractivity contribution in [2.75, 3.05) is 0 Å². The van der Waals surface area contributed by atoms with Crippen LogP contribution in [0.4, 0.5) is 0 Å². The molecule has 17 heteroatoms. The monoisotopic (exact) mass is 642 g/mol. The molecule has 0 bridgehead atoms. The van der Waals surface area contributed by atoms with Crippen molar-refractivity contribution in [3.63, 3.8) is 0 Å². The molecule has 0 aromatic rings. The van der Waals surface area contributed by atoms with Crippen LogP contribution < -0.4 is 0 Å². The third-order valence-electron chi connectivity index (χ3n) is 1.06. The summed E-state index contributed by atoms with van der Waals surface area (Å²) >= 11 is 3.37. The molecular formula is C8H18O12S3Sn2. The minimum Gasteiger partial charge on any atom is -0.759 e. The quantitative estimate of drug-likeness (QED) is 0.199. The van der Waals surface area contributed by atoms with Gasteiger partial charge in [0.25, 0.3) is 0 Å². The van der Waals surface area contributed by atoms with E-state index in [9.17, 15) is 0 Å². The Morgan fingerprint density at radius 2 is 0.680 bits per heavy atom. The second kappa shape index (κ2) is 23.2. The van der Waals surface area contributed by atoms with Gasteiger partial charge in [-0.05, 0) is 0 Å². The first-order valence-electron chi connectivity index (χ1n) is 6.12. The molecule has 0 aliphatic rings. The molecule has 0 aromatic heterocycles. The largest absolute Gasteiger partial charge is 0.759 e. The molecule has 0 spiro atoms. The first-order chi connectivity index (χ1) is 10.8. The number of hydrogen-bond acceptors (Lipinski definition) is 12. The van der Waals surface area contributed by atoms with E-state index in [0.29, 0.717) is 0 Å². The molecular weight excluding hydrogens is 622 g/mol. The molecule has 0 unspecified atom stereocenters. The van der Waals surface area contributed by atoms with Gasteiger partial charge in [0.05, 0.1) is 0 Å². The average Bonchev–Trinajstić information content (AvgIpc) is 2.25. The Balaban J connectivity index is -0.0000000667. The molecule has 0 aliphatic heterocycles. The second-order valence-corrected chi connectivity index (χ2v) is 8.74. The minimum atomic E-state index is -5.17. The fourth-order valence-corrected chi connectivity index (χ4v) is 2.37. The van der Waals surface area contributed by atoms with Crippen LogP contribution in [0.1, 0.15) is 39.5 Å². The smallest absolute Gasteiger partial charge is 0.0311 e. The zero-order valence-electron chi connectivity index (χ0n) is 13.4. The van der Waals surface area contributed by atoms with Gasteiger partial charge in [0.15, 0.2) is 0 Å². The van der Waals surface area contributed by atoms with Crippen molar-refractivity contribution < 1.29 is 52.6 Å².